The van der Waals surface area contributed by atoms with Gasteiger partial charge in [0.25, 0.3) is 5.56 Å². The smallest absolute Gasteiger partial charge is 0.266 e. The summed E-state index contributed by atoms with van der Waals surface area (Å²) >= 11 is 3.27. The van der Waals surface area contributed by atoms with Crippen LogP contribution < -0.4 is 11.3 Å². The Balaban J connectivity index is 1.82. The van der Waals surface area contributed by atoms with Gasteiger partial charge in [0.1, 0.15) is 22.9 Å². The highest BCUT2D eigenvalue weighted by Gasteiger charge is 2.26. The van der Waals surface area contributed by atoms with Crippen LogP contribution in [0, 0.1) is 5.92 Å². The molecule has 2 atom stereocenters. The number of likely N-dealkylation sites (tertiary alicyclic amines) is 1. The summed E-state index contributed by atoms with van der Waals surface area (Å²) in [7, 11) is 1.72. The summed E-state index contributed by atoms with van der Waals surface area (Å²) in [5, 5.41) is 4.53. The van der Waals surface area contributed by atoms with Crippen molar-refractivity contribution in [3.05, 3.63) is 21.3 Å². The van der Waals surface area contributed by atoms with Crippen molar-refractivity contribution in [1.82, 2.24) is 24.2 Å². The monoisotopic (exact) mass is 396 g/mol. The average Bonchev–Trinajstić information content (AvgIpc) is 2.85. The molecular weight excluding hydrogens is 376 g/mol. The summed E-state index contributed by atoms with van der Waals surface area (Å²) in [4.78, 5) is 31.2. The molecule has 1 aliphatic rings. The number of rotatable bonds is 3. The Morgan fingerprint density at radius 2 is 2.29 bits per heavy atom. The van der Waals surface area contributed by atoms with Crippen molar-refractivity contribution in [2.45, 2.75) is 32.4 Å². The summed E-state index contributed by atoms with van der Waals surface area (Å²) in [6, 6.07) is 0.0627. The second-order valence-corrected chi connectivity index (χ2v) is 7.14. The van der Waals surface area contributed by atoms with Gasteiger partial charge in [-0.1, -0.05) is 0 Å². The highest BCUT2D eigenvalue weighted by atomic mass is 79.9. The van der Waals surface area contributed by atoms with E-state index < -0.39 is 0 Å². The number of nitrogens with two attached hydrogens (primary N) is 1. The van der Waals surface area contributed by atoms with E-state index in [-0.39, 0.29) is 24.1 Å². The molecule has 2 aromatic heterocycles. The number of piperidine rings is 1. The van der Waals surface area contributed by atoms with E-state index in [1.54, 1.807) is 11.9 Å². The second-order valence-electron chi connectivity index (χ2n) is 6.39. The molecule has 1 saturated heterocycles. The Hall–Kier alpha value is -1.74. The van der Waals surface area contributed by atoms with Crippen LogP contribution in [0.15, 0.2) is 15.7 Å². The minimum atomic E-state index is -0.269. The lowest BCUT2D eigenvalue weighted by atomic mass is 9.92. The van der Waals surface area contributed by atoms with Crippen molar-refractivity contribution in [2.75, 3.05) is 13.1 Å². The number of halogens is 1. The zero-order valence-corrected chi connectivity index (χ0v) is 15.4. The van der Waals surface area contributed by atoms with Crippen molar-refractivity contribution in [3.8, 4) is 0 Å². The molecule has 0 aliphatic carbocycles. The van der Waals surface area contributed by atoms with Crippen LogP contribution in [0.4, 0.5) is 0 Å². The molecule has 3 heterocycles. The van der Waals surface area contributed by atoms with Crippen molar-refractivity contribution >= 4 is 32.9 Å². The number of hydrogen-bond acceptors (Lipinski definition) is 5. The summed E-state index contributed by atoms with van der Waals surface area (Å²) < 4.78 is 3.31. The molecule has 3 rings (SSSR count). The maximum atomic E-state index is 12.6. The topological polar surface area (TPSA) is 99.0 Å². The maximum Gasteiger partial charge on any atom is 0.266 e. The van der Waals surface area contributed by atoms with Crippen molar-refractivity contribution in [1.29, 1.82) is 0 Å². The number of carbonyl (C=O) groups excluding carboxylic acids is 1. The Labute approximate surface area is 147 Å². The number of aryl methyl sites for hydroxylation is 1. The summed E-state index contributed by atoms with van der Waals surface area (Å²) in [5.74, 6) is 0.233. The lowest BCUT2D eigenvalue weighted by molar-refractivity contribution is -0.133. The van der Waals surface area contributed by atoms with Crippen LogP contribution in [0.2, 0.25) is 0 Å². The summed E-state index contributed by atoms with van der Waals surface area (Å²) in [5.41, 5.74) is 6.19. The number of fused-ring (bicyclic) bond motifs is 1. The largest absolute Gasteiger partial charge is 0.341 e. The van der Waals surface area contributed by atoms with Crippen LogP contribution in [0.1, 0.15) is 19.8 Å². The van der Waals surface area contributed by atoms with Crippen LogP contribution in [-0.4, -0.2) is 49.3 Å². The number of aromatic nitrogens is 4. The fourth-order valence-electron chi connectivity index (χ4n) is 3.16. The van der Waals surface area contributed by atoms with Gasteiger partial charge in [-0.2, -0.15) is 5.10 Å². The zero-order valence-electron chi connectivity index (χ0n) is 13.8. The van der Waals surface area contributed by atoms with Gasteiger partial charge in [-0.25, -0.2) is 9.67 Å². The third-order valence-electron chi connectivity index (χ3n) is 4.63. The van der Waals surface area contributed by atoms with Crippen molar-refractivity contribution < 1.29 is 4.79 Å². The average molecular weight is 397 g/mol. The SMILES string of the molecule is C[C@H](N)[C@@H]1CCCN(C(=O)Cn2cnc3c(c(Br)nn3C)c2=O)C1. The third-order valence-corrected chi connectivity index (χ3v) is 5.18. The first-order chi connectivity index (χ1) is 11.4. The van der Waals surface area contributed by atoms with E-state index in [0.717, 1.165) is 12.8 Å². The van der Waals surface area contributed by atoms with E-state index in [4.69, 9.17) is 5.73 Å². The summed E-state index contributed by atoms with van der Waals surface area (Å²) in [6.07, 6.45) is 3.39. The molecule has 0 radical (unpaired) electrons. The number of carbonyl (C=O) groups is 1. The molecule has 8 nitrogen and oxygen atoms in total. The first-order valence-corrected chi connectivity index (χ1v) is 8.78. The molecule has 0 aromatic carbocycles. The fraction of sp³-hybridized carbons (Fsp3) is 0.600. The molecule has 1 fully saturated rings. The van der Waals surface area contributed by atoms with Gasteiger partial charge in [0.2, 0.25) is 5.91 Å². The van der Waals surface area contributed by atoms with E-state index >= 15 is 0 Å². The Morgan fingerprint density at radius 3 is 3.00 bits per heavy atom. The van der Waals surface area contributed by atoms with Crippen LogP contribution >= 0.6 is 15.9 Å². The molecule has 0 spiro atoms. The Bertz CT molecular complexity index is 827. The van der Waals surface area contributed by atoms with E-state index in [9.17, 15) is 9.59 Å². The van der Waals surface area contributed by atoms with Gasteiger partial charge in [-0.3, -0.25) is 14.2 Å². The van der Waals surface area contributed by atoms with Crippen LogP contribution in [0.3, 0.4) is 0 Å². The quantitative estimate of drug-likeness (QED) is 0.812. The molecular formula is C15H21BrN6O2. The Morgan fingerprint density at radius 1 is 1.54 bits per heavy atom. The molecule has 2 aromatic rings. The Kier molecular flexibility index (Phi) is 4.73. The van der Waals surface area contributed by atoms with E-state index in [1.807, 2.05) is 6.92 Å². The van der Waals surface area contributed by atoms with Crippen LogP contribution in [0.5, 0.6) is 0 Å². The maximum absolute atomic E-state index is 12.6. The first-order valence-electron chi connectivity index (χ1n) is 7.99. The highest BCUT2D eigenvalue weighted by molar-refractivity contribution is 9.10. The molecule has 130 valence electrons. The second kappa shape index (κ2) is 6.64. The van der Waals surface area contributed by atoms with E-state index in [1.165, 1.54) is 15.6 Å². The predicted molar refractivity (Wildman–Crippen MR) is 93.4 cm³/mol. The van der Waals surface area contributed by atoms with Crippen molar-refractivity contribution in [3.63, 3.8) is 0 Å². The lowest BCUT2D eigenvalue weighted by Crippen LogP contribution is -2.46. The molecule has 0 bridgehead atoms. The van der Waals surface area contributed by atoms with Crippen molar-refractivity contribution in [2.24, 2.45) is 18.7 Å². The normalized spacial score (nSPS) is 19.7. The van der Waals surface area contributed by atoms with Gasteiger partial charge < -0.3 is 10.6 Å². The van der Waals surface area contributed by atoms with Gasteiger partial charge >= 0.3 is 0 Å². The van der Waals surface area contributed by atoms with Gasteiger partial charge in [0.15, 0.2) is 5.65 Å². The zero-order chi connectivity index (χ0) is 17.4. The third kappa shape index (κ3) is 3.10. The van der Waals surface area contributed by atoms with Gasteiger partial charge in [-0.05, 0) is 41.6 Å². The number of amides is 1. The van der Waals surface area contributed by atoms with Gasteiger partial charge in [0, 0.05) is 26.2 Å². The molecule has 1 aliphatic heterocycles. The highest BCUT2D eigenvalue weighted by Crippen LogP contribution is 2.19. The molecule has 9 heteroatoms. The standard InChI is InChI=1S/C15H21BrN6O2/c1-9(17)10-4-3-5-21(6-10)11(23)7-22-8-18-14-12(15(22)24)13(16)19-20(14)2/h8-10H,3-7,17H2,1-2H3/t9-,10+/m0/s1. The van der Waals surface area contributed by atoms with Crippen LogP contribution in [-0.2, 0) is 18.4 Å². The number of nitrogens with zero attached hydrogens (tertiary/aromatic N) is 5. The first kappa shape index (κ1) is 17.1. The molecule has 24 heavy (non-hydrogen) atoms. The van der Waals surface area contributed by atoms with E-state index in [2.05, 4.69) is 26.0 Å². The molecule has 0 saturated carbocycles. The van der Waals surface area contributed by atoms with Gasteiger partial charge in [-0.15, -0.1) is 0 Å². The lowest BCUT2D eigenvalue weighted by Gasteiger charge is -2.34. The molecule has 2 N–H and O–H groups in total. The minimum absolute atomic E-state index is 0.0191. The fourth-order valence-corrected chi connectivity index (χ4v) is 3.74. The number of hydrogen-bond donors (Lipinski definition) is 1. The molecule has 0 unspecified atom stereocenters. The predicted octanol–water partition coefficient (Wildman–Crippen LogP) is 0.478. The van der Waals surface area contributed by atoms with Gasteiger partial charge in [0.05, 0.1) is 0 Å². The van der Waals surface area contributed by atoms with E-state index in [0.29, 0.717) is 34.6 Å². The molecule has 1 amide bonds. The summed E-state index contributed by atoms with van der Waals surface area (Å²) in [6.45, 7) is 3.32. The minimum Gasteiger partial charge on any atom is -0.341 e. The van der Waals surface area contributed by atoms with Crippen LogP contribution in [0.25, 0.3) is 11.0 Å².